The Morgan fingerprint density at radius 3 is 3.06 bits per heavy atom. The lowest BCUT2D eigenvalue weighted by atomic mass is 9.89. The Bertz CT molecular complexity index is 521. The van der Waals surface area contributed by atoms with Gasteiger partial charge in [0.15, 0.2) is 5.82 Å². The van der Waals surface area contributed by atoms with Gasteiger partial charge in [-0.05, 0) is 12.1 Å². The maximum absolute atomic E-state index is 5.25. The van der Waals surface area contributed by atoms with Crippen molar-refractivity contribution in [1.82, 2.24) is 19.7 Å². The molecule has 3 rings (SSSR count). The molecule has 18 heavy (non-hydrogen) atoms. The average molecular weight is 245 g/mol. The smallest absolute Gasteiger partial charge is 0.178 e. The van der Waals surface area contributed by atoms with Gasteiger partial charge in [-0.1, -0.05) is 6.92 Å². The molecular formula is C12H15N5O. The second kappa shape index (κ2) is 4.38. The second-order valence-electron chi connectivity index (χ2n) is 4.87. The lowest BCUT2D eigenvalue weighted by Crippen LogP contribution is -2.45. The van der Waals surface area contributed by atoms with Crippen LogP contribution in [0, 0.1) is 5.41 Å². The summed E-state index contributed by atoms with van der Waals surface area (Å²) in [5.74, 6) is 0.763. The summed E-state index contributed by atoms with van der Waals surface area (Å²) in [6.07, 6.45) is 4.89. The van der Waals surface area contributed by atoms with Crippen molar-refractivity contribution in [1.29, 1.82) is 0 Å². The first-order chi connectivity index (χ1) is 8.77. The van der Waals surface area contributed by atoms with Gasteiger partial charge in [0.05, 0.1) is 18.9 Å². The predicted octanol–water partition coefficient (Wildman–Crippen LogP) is 1.11. The molecular weight excluding hydrogens is 230 g/mol. The van der Waals surface area contributed by atoms with Crippen molar-refractivity contribution >= 4 is 5.69 Å². The minimum absolute atomic E-state index is 0.218. The third-order valence-corrected chi connectivity index (χ3v) is 3.03. The number of nitrogens with one attached hydrogen (secondary N) is 1. The second-order valence-corrected chi connectivity index (χ2v) is 4.87. The minimum atomic E-state index is 0.218. The van der Waals surface area contributed by atoms with Crippen molar-refractivity contribution < 1.29 is 4.74 Å². The van der Waals surface area contributed by atoms with Gasteiger partial charge in [0.2, 0.25) is 0 Å². The lowest BCUT2D eigenvalue weighted by molar-refractivity contribution is -0.0924. The molecule has 0 aliphatic carbocycles. The highest BCUT2D eigenvalue weighted by Crippen LogP contribution is 2.27. The lowest BCUT2D eigenvalue weighted by Gasteiger charge is -2.38. The van der Waals surface area contributed by atoms with Gasteiger partial charge in [-0.3, -0.25) is 0 Å². The molecule has 1 saturated heterocycles. The zero-order chi connectivity index (χ0) is 12.4. The molecule has 0 saturated carbocycles. The molecule has 0 aromatic carbocycles. The van der Waals surface area contributed by atoms with Crippen molar-refractivity contribution in [2.45, 2.75) is 6.92 Å². The third-order valence-electron chi connectivity index (χ3n) is 3.03. The van der Waals surface area contributed by atoms with Crippen molar-refractivity contribution in [3.63, 3.8) is 0 Å². The van der Waals surface area contributed by atoms with E-state index in [-0.39, 0.29) is 5.41 Å². The van der Waals surface area contributed by atoms with Gasteiger partial charge < -0.3 is 10.1 Å². The molecule has 1 aliphatic heterocycles. The van der Waals surface area contributed by atoms with Crippen LogP contribution in [0.15, 0.2) is 31.0 Å². The number of pyridine rings is 1. The van der Waals surface area contributed by atoms with Crippen LogP contribution in [0.5, 0.6) is 0 Å². The number of anilines is 1. The zero-order valence-electron chi connectivity index (χ0n) is 10.2. The molecule has 6 nitrogen and oxygen atoms in total. The van der Waals surface area contributed by atoms with Gasteiger partial charge in [0.1, 0.15) is 12.7 Å². The first kappa shape index (κ1) is 11.2. The molecule has 0 unspecified atom stereocenters. The van der Waals surface area contributed by atoms with E-state index in [2.05, 4.69) is 27.3 Å². The summed E-state index contributed by atoms with van der Waals surface area (Å²) in [4.78, 5) is 8.27. The number of hydrogen-bond acceptors (Lipinski definition) is 5. The molecule has 0 atom stereocenters. The molecule has 0 amide bonds. The predicted molar refractivity (Wildman–Crippen MR) is 66.6 cm³/mol. The van der Waals surface area contributed by atoms with E-state index in [1.165, 1.54) is 6.33 Å². The Morgan fingerprint density at radius 2 is 2.39 bits per heavy atom. The molecule has 2 aromatic heterocycles. The van der Waals surface area contributed by atoms with E-state index in [0.29, 0.717) is 0 Å². The average Bonchev–Trinajstić information content (AvgIpc) is 2.88. The summed E-state index contributed by atoms with van der Waals surface area (Å²) in [5, 5.41) is 7.52. The number of nitrogens with zero attached hydrogens (tertiary/aromatic N) is 4. The quantitative estimate of drug-likeness (QED) is 0.874. The van der Waals surface area contributed by atoms with Gasteiger partial charge in [-0.25, -0.2) is 14.6 Å². The van der Waals surface area contributed by atoms with Gasteiger partial charge >= 0.3 is 0 Å². The highest BCUT2D eigenvalue weighted by molar-refractivity contribution is 5.56. The van der Waals surface area contributed by atoms with Gasteiger partial charge in [0, 0.05) is 18.2 Å². The summed E-state index contributed by atoms with van der Waals surface area (Å²) in [6.45, 7) is 4.67. The van der Waals surface area contributed by atoms with Crippen LogP contribution in [0.3, 0.4) is 0 Å². The summed E-state index contributed by atoms with van der Waals surface area (Å²) < 4.78 is 6.90. The summed E-state index contributed by atoms with van der Waals surface area (Å²) in [7, 11) is 0. The number of hydrogen-bond donors (Lipinski definition) is 1. The van der Waals surface area contributed by atoms with E-state index in [0.717, 1.165) is 31.3 Å². The standard InChI is InChI=1S/C12H15N5O/c1-12(6-18-7-12)5-15-10-3-2-4-14-11(10)17-9-13-8-16-17/h2-4,8-9,15H,5-7H2,1H3. The Morgan fingerprint density at radius 1 is 1.50 bits per heavy atom. The molecule has 1 fully saturated rings. The molecule has 0 spiro atoms. The Kier molecular flexibility index (Phi) is 2.71. The van der Waals surface area contributed by atoms with Crippen molar-refractivity contribution in [2.24, 2.45) is 5.41 Å². The number of rotatable bonds is 4. The van der Waals surface area contributed by atoms with Crippen LogP contribution in [-0.2, 0) is 4.74 Å². The first-order valence-corrected chi connectivity index (χ1v) is 5.89. The van der Waals surface area contributed by atoms with E-state index in [9.17, 15) is 0 Å². The summed E-state index contributed by atoms with van der Waals surface area (Å²) in [5.41, 5.74) is 1.17. The van der Waals surface area contributed by atoms with Crippen molar-refractivity contribution in [2.75, 3.05) is 25.1 Å². The first-order valence-electron chi connectivity index (χ1n) is 5.89. The molecule has 0 radical (unpaired) electrons. The van der Waals surface area contributed by atoms with Crippen LogP contribution in [0.25, 0.3) is 5.82 Å². The summed E-state index contributed by atoms with van der Waals surface area (Å²) in [6, 6.07) is 3.90. The van der Waals surface area contributed by atoms with Crippen LogP contribution >= 0.6 is 0 Å². The molecule has 94 valence electrons. The monoisotopic (exact) mass is 245 g/mol. The molecule has 1 aliphatic rings. The minimum Gasteiger partial charge on any atom is -0.381 e. The number of ether oxygens (including phenoxy) is 1. The maximum atomic E-state index is 5.25. The fourth-order valence-corrected chi connectivity index (χ4v) is 1.90. The summed E-state index contributed by atoms with van der Waals surface area (Å²) >= 11 is 0. The Balaban J connectivity index is 1.79. The molecule has 6 heteroatoms. The molecule has 0 bridgehead atoms. The van der Waals surface area contributed by atoms with E-state index < -0.39 is 0 Å². The molecule has 2 aromatic rings. The van der Waals surface area contributed by atoms with Gasteiger partial charge in [0.25, 0.3) is 0 Å². The van der Waals surface area contributed by atoms with Crippen molar-refractivity contribution in [3.8, 4) is 5.82 Å². The van der Waals surface area contributed by atoms with Gasteiger partial charge in [-0.15, -0.1) is 0 Å². The van der Waals surface area contributed by atoms with Gasteiger partial charge in [-0.2, -0.15) is 5.10 Å². The van der Waals surface area contributed by atoms with Crippen LogP contribution in [0.1, 0.15) is 6.92 Å². The topological polar surface area (TPSA) is 64.9 Å². The van der Waals surface area contributed by atoms with Crippen LogP contribution < -0.4 is 5.32 Å². The van der Waals surface area contributed by atoms with E-state index in [1.54, 1.807) is 17.2 Å². The SMILES string of the molecule is CC1(CNc2cccnc2-n2cncn2)COC1. The van der Waals surface area contributed by atoms with Crippen LogP contribution in [0.4, 0.5) is 5.69 Å². The maximum Gasteiger partial charge on any atom is 0.178 e. The highest BCUT2D eigenvalue weighted by Gasteiger charge is 2.33. The van der Waals surface area contributed by atoms with Crippen LogP contribution in [-0.4, -0.2) is 39.5 Å². The number of aromatic nitrogens is 4. The van der Waals surface area contributed by atoms with E-state index in [4.69, 9.17) is 4.74 Å². The van der Waals surface area contributed by atoms with Crippen molar-refractivity contribution in [3.05, 3.63) is 31.0 Å². The third kappa shape index (κ3) is 2.06. The van der Waals surface area contributed by atoms with E-state index >= 15 is 0 Å². The zero-order valence-corrected chi connectivity index (χ0v) is 10.2. The Labute approximate surface area is 105 Å². The Hall–Kier alpha value is -1.95. The van der Waals surface area contributed by atoms with Crippen LogP contribution in [0.2, 0.25) is 0 Å². The molecule has 3 heterocycles. The normalized spacial score (nSPS) is 17.2. The van der Waals surface area contributed by atoms with E-state index in [1.807, 2.05) is 12.1 Å². The fourth-order valence-electron chi connectivity index (χ4n) is 1.90. The highest BCUT2D eigenvalue weighted by atomic mass is 16.5. The largest absolute Gasteiger partial charge is 0.381 e. The fraction of sp³-hybridized carbons (Fsp3) is 0.417. The molecule has 1 N–H and O–H groups in total.